The summed E-state index contributed by atoms with van der Waals surface area (Å²) >= 11 is 0. The van der Waals surface area contributed by atoms with Gasteiger partial charge in [-0.05, 0) is 24.1 Å². The highest BCUT2D eigenvalue weighted by atomic mass is 16.5. The molecule has 8 nitrogen and oxygen atoms in total. The summed E-state index contributed by atoms with van der Waals surface area (Å²) in [5.74, 6) is 2.23. The number of anilines is 1. The van der Waals surface area contributed by atoms with Crippen LogP contribution in [-0.2, 0) is 6.54 Å². The summed E-state index contributed by atoms with van der Waals surface area (Å²) in [4.78, 5) is 18.3. The van der Waals surface area contributed by atoms with Crippen molar-refractivity contribution >= 4 is 17.6 Å². The van der Waals surface area contributed by atoms with Gasteiger partial charge in [0, 0.05) is 69.2 Å². The van der Waals surface area contributed by atoms with Crippen molar-refractivity contribution in [2.24, 2.45) is 4.99 Å². The first-order valence-corrected chi connectivity index (χ1v) is 10.3. The van der Waals surface area contributed by atoms with Gasteiger partial charge in [-0.3, -0.25) is 9.79 Å². The van der Waals surface area contributed by atoms with Crippen LogP contribution in [0, 0.1) is 0 Å². The SMILES string of the molecule is CN=C(NCc1ccc(C(=O)NC)cc1)NC1CCN(c2cc(OC)cc(OC)c2)C1. The van der Waals surface area contributed by atoms with Gasteiger partial charge in [-0.2, -0.15) is 0 Å². The lowest BCUT2D eigenvalue weighted by atomic mass is 10.1. The zero-order valence-electron chi connectivity index (χ0n) is 18.6. The van der Waals surface area contributed by atoms with E-state index in [1.807, 2.05) is 42.5 Å². The Balaban J connectivity index is 1.54. The van der Waals surface area contributed by atoms with Crippen LogP contribution in [0.25, 0.3) is 0 Å². The fourth-order valence-electron chi connectivity index (χ4n) is 3.58. The second-order valence-corrected chi connectivity index (χ2v) is 7.35. The minimum Gasteiger partial charge on any atom is -0.497 e. The monoisotopic (exact) mass is 425 g/mol. The number of amides is 1. The molecule has 1 fully saturated rings. The van der Waals surface area contributed by atoms with Gasteiger partial charge in [0.25, 0.3) is 5.91 Å². The number of methoxy groups -OCH3 is 2. The van der Waals surface area contributed by atoms with Crippen LogP contribution in [0.4, 0.5) is 5.69 Å². The molecule has 0 radical (unpaired) electrons. The van der Waals surface area contributed by atoms with E-state index >= 15 is 0 Å². The lowest BCUT2D eigenvalue weighted by molar-refractivity contribution is 0.0963. The van der Waals surface area contributed by atoms with Gasteiger partial charge in [0.2, 0.25) is 0 Å². The van der Waals surface area contributed by atoms with Crippen molar-refractivity contribution in [2.45, 2.75) is 19.0 Å². The first kappa shape index (κ1) is 22.3. The number of guanidine groups is 1. The maximum Gasteiger partial charge on any atom is 0.251 e. The Kier molecular flexibility index (Phi) is 7.59. The van der Waals surface area contributed by atoms with Gasteiger partial charge in [-0.1, -0.05) is 12.1 Å². The summed E-state index contributed by atoms with van der Waals surface area (Å²) < 4.78 is 10.8. The molecule has 0 saturated carbocycles. The zero-order valence-corrected chi connectivity index (χ0v) is 18.6. The summed E-state index contributed by atoms with van der Waals surface area (Å²) in [5.41, 5.74) is 2.81. The topological polar surface area (TPSA) is 87.2 Å². The second-order valence-electron chi connectivity index (χ2n) is 7.35. The lowest BCUT2D eigenvalue weighted by Crippen LogP contribution is -2.44. The fourth-order valence-corrected chi connectivity index (χ4v) is 3.58. The Morgan fingerprint density at radius 1 is 1.13 bits per heavy atom. The molecule has 0 aliphatic carbocycles. The second kappa shape index (κ2) is 10.6. The van der Waals surface area contributed by atoms with Crippen LogP contribution in [0.15, 0.2) is 47.5 Å². The summed E-state index contributed by atoms with van der Waals surface area (Å²) in [5, 5.41) is 9.48. The van der Waals surface area contributed by atoms with Crippen LogP contribution >= 0.6 is 0 Å². The van der Waals surface area contributed by atoms with Crippen LogP contribution in [-0.4, -0.2) is 59.3 Å². The van der Waals surface area contributed by atoms with Crippen LogP contribution < -0.4 is 30.3 Å². The first-order chi connectivity index (χ1) is 15.1. The normalized spacial score (nSPS) is 16.1. The molecule has 3 N–H and O–H groups in total. The molecule has 2 aromatic rings. The highest BCUT2D eigenvalue weighted by Gasteiger charge is 2.24. The van der Waals surface area contributed by atoms with E-state index in [0.717, 1.165) is 48.2 Å². The molecular weight excluding hydrogens is 394 g/mol. The molecule has 3 rings (SSSR count). The number of nitrogens with zero attached hydrogens (tertiary/aromatic N) is 2. The van der Waals surface area contributed by atoms with E-state index in [9.17, 15) is 4.79 Å². The standard InChI is InChI=1S/C23H31N5O3/c1-24-22(29)17-7-5-16(6-8-17)14-26-23(25-2)27-18-9-10-28(15-18)19-11-20(30-3)13-21(12-19)31-4/h5-8,11-13,18H,9-10,14-15H2,1-4H3,(H,24,29)(H2,25,26,27). The molecule has 0 aromatic heterocycles. The molecule has 1 aliphatic rings. The van der Waals surface area contributed by atoms with Gasteiger partial charge in [0.15, 0.2) is 5.96 Å². The maximum absolute atomic E-state index is 11.7. The van der Waals surface area contributed by atoms with Crippen molar-refractivity contribution in [3.63, 3.8) is 0 Å². The van der Waals surface area contributed by atoms with E-state index in [4.69, 9.17) is 9.47 Å². The van der Waals surface area contributed by atoms with Crippen LogP contribution in [0.2, 0.25) is 0 Å². The van der Waals surface area contributed by atoms with Gasteiger partial charge >= 0.3 is 0 Å². The summed E-state index contributed by atoms with van der Waals surface area (Å²) in [6, 6.07) is 13.7. The van der Waals surface area contributed by atoms with E-state index < -0.39 is 0 Å². The predicted molar refractivity (Wildman–Crippen MR) is 123 cm³/mol. The number of aliphatic imine (C=N–C) groups is 1. The van der Waals surface area contributed by atoms with Gasteiger partial charge in [-0.15, -0.1) is 0 Å². The number of nitrogens with one attached hydrogen (secondary N) is 3. The molecule has 0 bridgehead atoms. The molecule has 1 amide bonds. The van der Waals surface area contributed by atoms with Crippen LogP contribution in [0.5, 0.6) is 11.5 Å². The van der Waals surface area contributed by atoms with Gasteiger partial charge in [-0.25, -0.2) is 0 Å². The van der Waals surface area contributed by atoms with E-state index in [-0.39, 0.29) is 11.9 Å². The van der Waals surface area contributed by atoms with Crippen LogP contribution in [0.3, 0.4) is 0 Å². The minimum atomic E-state index is -0.0866. The smallest absolute Gasteiger partial charge is 0.251 e. The van der Waals surface area contributed by atoms with E-state index in [1.165, 1.54) is 0 Å². The third kappa shape index (κ3) is 5.81. The summed E-state index contributed by atoms with van der Waals surface area (Å²) in [6.45, 7) is 2.42. The van der Waals surface area contributed by atoms with Gasteiger partial charge in [0.05, 0.1) is 14.2 Å². The van der Waals surface area contributed by atoms with Crippen molar-refractivity contribution < 1.29 is 14.3 Å². The Labute approximate surface area is 183 Å². The number of rotatable bonds is 7. The van der Waals surface area contributed by atoms with Gasteiger partial charge in [0.1, 0.15) is 11.5 Å². The average molecular weight is 426 g/mol. The molecule has 166 valence electrons. The molecule has 1 saturated heterocycles. The van der Waals surface area contributed by atoms with E-state index in [2.05, 4.69) is 25.8 Å². The Morgan fingerprint density at radius 2 is 1.81 bits per heavy atom. The van der Waals surface area contributed by atoms with Crippen molar-refractivity contribution in [2.75, 3.05) is 46.3 Å². The van der Waals surface area contributed by atoms with Crippen molar-refractivity contribution in [1.29, 1.82) is 0 Å². The number of benzene rings is 2. The summed E-state index contributed by atoms with van der Waals surface area (Å²) in [7, 11) is 6.72. The number of hydrogen-bond donors (Lipinski definition) is 3. The third-order valence-corrected chi connectivity index (χ3v) is 5.36. The third-order valence-electron chi connectivity index (χ3n) is 5.36. The lowest BCUT2D eigenvalue weighted by Gasteiger charge is -2.21. The fraction of sp³-hybridized carbons (Fsp3) is 0.391. The predicted octanol–water partition coefficient (Wildman–Crippen LogP) is 2.01. The molecule has 1 aliphatic heterocycles. The average Bonchev–Trinajstić information content (AvgIpc) is 3.29. The van der Waals surface area contributed by atoms with Crippen molar-refractivity contribution in [3.05, 3.63) is 53.6 Å². The molecule has 2 aromatic carbocycles. The Bertz CT molecular complexity index is 892. The molecule has 31 heavy (non-hydrogen) atoms. The first-order valence-electron chi connectivity index (χ1n) is 10.3. The van der Waals surface area contributed by atoms with Crippen molar-refractivity contribution in [3.8, 4) is 11.5 Å². The van der Waals surface area contributed by atoms with Gasteiger partial charge < -0.3 is 30.3 Å². The zero-order chi connectivity index (χ0) is 22.2. The number of carbonyl (C=O) groups is 1. The number of carbonyl (C=O) groups excluding carboxylic acids is 1. The highest BCUT2D eigenvalue weighted by molar-refractivity contribution is 5.93. The molecular formula is C23H31N5O3. The molecule has 0 spiro atoms. The maximum atomic E-state index is 11.7. The van der Waals surface area contributed by atoms with E-state index in [1.54, 1.807) is 28.3 Å². The minimum absolute atomic E-state index is 0.0866. The van der Waals surface area contributed by atoms with E-state index in [0.29, 0.717) is 12.1 Å². The van der Waals surface area contributed by atoms with Crippen LogP contribution in [0.1, 0.15) is 22.3 Å². The molecule has 8 heteroatoms. The quantitative estimate of drug-likeness (QED) is 0.465. The molecule has 1 atom stereocenters. The molecule has 1 heterocycles. The Hall–Kier alpha value is -3.42. The Morgan fingerprint density at radius 3 is 2.39 bits per heavy atom. The number of hydrogen-bond acceptors (Lipinski definition) is 5. The largest absolute Gasteiger partial charge is 0.497 e. The number of ether oxygens (including phenoxy) is 2. The summed E-state index contributed by atoms with van der Waals surface area (Å²) in [6.07, 6.45) is 1.00. The molecule has 1 unspecified atom stereocenters. The van der Waals surface area contributed by atoms with Crippen molar-refractivity contribution in [1.82, 2.24) is 16.0 Å². The highest BCUT2D eigenvalue weighted by Crippen LogP contribution is 2.30.